The second kappa shape index (κ2) is 3.75. The number of fused-ring (bicyclic) bond motifs is 1. The molecular formula is C12H14O. The molecule has 1 aromatic rings. The second-order valence-electron chi connectivity index (χ2n) is 3.21. The van der Waals surface area contributed by atoms with Crippen molar-refractivity contribution in [3.63, 3.8) is 0 Å². The van der Waals surface area contributed by atoms with Crippen LogP contribution in [0.5, 0.6) is 0 Å². The van der Waals surface area contributed by atoms with E-state index in [-0.39, 0.29) is 6.10 Å². The van der Waals surface area contributed by atoms with E-state index in [0.717, 1.165) is 13.0 Å². The Morgan fingerprint density at radius 3 is 3.08 bits per heavy atom. The summed E-state index contributed by atoms with van der Waals surface area (Å²) in [4.78, 5) is 0. The van der Waals surface area contributed by atoms with Gasteiger partial charge in [0.2, 0.25) is 0 Å². The van der Waals surface area contributed by atoms with Crippen LogP contribution in [-0.2, 0) is 11.2 Å². The highest BCUT2D eigenvalue weighted by molar-refractivity contribution is 5.36. The van der Waals surface area contributed by atoms with E-state index in [4.69, 9.17) is 4.74 Å². The molecule has 1 nitrogen and oxygen atoms in total. The first-order valence-electron chi connectivity index (χ1n) is 4.78. The molecule has 0 radical (unpaired) electrons. The maximum absolute atomic E-state index is 5.62. The monoisotopic (exact) mass is 174 g/mol. The zero-order valence-electron chi connectivity index (χ0n) is 7.86. The molecule has 68 valence electrons. The third-order valence-corrected chi connectivity index (χ3v) is 2.36. The van der Waals surface area contributed by atoms with Gasteiger partial charge < -0.3 is 4.74 Å². The molecule has 0 N–H and O–H groups in total. The average molecular weight is 174 g/mol. The lowest BCUT2D eigenvalue weighted by molar-refractivity contribution is 0.0949. The van der Waals surface area contributed by atoms with Crippen LogP contribution >= 0.6 is 0 Å². The Bertz CT molecular complexity index is 315. The topological polar surface area (TPSA) is 9.23 Å². The summed E-state index contributed by atoms with van der Waals surface area (Å²) in [7, 11) is 0. The molecule has 1 aromatic carbocycles. The van der Waals surface area contributed by atoms with Crippen molar-refractivity contribution in [1.29, 1.82) is 0 Å². The van der Waals surface area contributed by atoms with Crippen LogP contribution in [0.4, 0.5) is 0 Å². The van der Waals surface area contributed by atoms with Crippen molar-refractivity contribution in [2.24, 2.45) is 0 Å². The maximum atomic E-state index is 5.62. The number of hydrogen-bond acceptors (Lipinski definition) is 1. The fourth-order valence-electron chi connectivity index (χ4n) is 1.74. The third kappa shape index (κ3) is 1.65. The molecule has 0 aliphatic heterocycles. The predicted molar refractivity (Wildman–Crippen MR) is 53.7 cm³/mol. The molecule has 0 bridgehead atoms. The quantitative estimate of drug-likeness (QED) is 0.626. The van der Waals surface area contributed by atoms with Gasteiger partial charge in [-0.05, 0) is 24.5 Å². The summed E-state index contributed by atoms with van der Waals surface area (Å²) >= 11 is 0. The zero-order chi connectivity index (χ0) is 9.10. The van der Waals surface area contributed by atoms with Gasteiger partial charge in [0.05, 0.1) is 0 Å². The van der Waals surface area contributed by atoms with Gasteiger partial charge in [-0.2, -0.15) is 0 Å². The molecule has 13 heavy (non-hydrogen) atoms. The lowest BCUT2D eigenvalue weighted by Gasteiger charge is -2.20. The van der Waals surface area contributed by atoms with Crippen molar-refractivity contribution >= 4 is 0 Å². The highest BCUT2D eigenvalue weighted by atomic mass is 16.5. The number of ether oxygens (including phenoxy) is 1. The minimum atomic E-state index is 0.176. The normalized spacial score (nSPS) is 19.9. The van der Waals surface area contributed by atoms with E-state index >= 15 is 0 Å². The number of rotatable bonds is 2. The van der Waals surface area contributed by atoms with Gasteiger partial charge in [0, 0.05) is 6.61 Å². The Balaban J connectivity index is 2.31. The second-order valence-corrected chi connectivity index (χ2v) is 3.21. The SMILES string of the molecule is CCOC1C=CCc2ccccc21. The van der Waals surface area contributed by atoms with Gasteiger partial charge in [-0.3, -0.25) is 0 Å². The highest BCUT2D eigenvalue weighted by Gasteiger charge is 2.14. The number of allylic oxidation sites excluding steroid dienone is 1. The minimum Gasteiger partial charge on any atom is -0.370 e. The number of hydrogen-bond donors (Lipinski definition) is 0. The smallest absolute Gasteiger partial charge is 0.101 e. The molecule has 1 heteroatoms. The maximum Gasteiger partial charge on any atom is 0.101 e. The van der Waals surface area contributed by atoms with Gasteiger partial charge in [0.25, 0.3) is 0 Å². The highest BCUT2D eigenvalue weighted by Crippen LogP contribution is 2.27. The van der Waals surface area contributed by atoms with E-state index in [0.29, 0.717) is 0 Å². The molecule has 2 rings (SSSR count). The summed E-state index contributed by atoms with van der Waals surface area (Å²) in [6.07, 6.45) is 5.55. The summed E-state index contributed by atoms with van der Waals surface area (Å²) in [5, 5.41) is 0. The first-order valence-corrected chi connectivity index (χ1v) is 4.78. The van der Waals surface area contributed by atoms with Crippen molar-refractivity contribution in [3.05, 3.63) is 47.5 Å². The largest absolute Gasteiger partial charge is 0.370 e. The van der Waals surface area contributed by atoms with E-state index < -0.39 is 0 Å². The van der Waals surface area contributed by atoms with Gasteiger partial charge in [0.1, 0.15) is 6.10 Å². The van der Waals surface area contributed by atoms with Crippen LogP contribution in [0.3, 0.4) is 0 Å². The standard InChI is InChI=1S/C12H14O/c1-2-13-12-9-5-7-10-6-3-4-8-11(10)12/h3-6,8-9,12H,2,7H2,1H3. The summed E-state index contributed by atoms with van der Waals surface area (Å²) in [5.41, 5.74) is 2.72. The van der Waals surface area contributed by atoms with Crippen molar-refractivity contribution in [2.75, 3.05) is 6.61 Å². The molecule has 0 amide bonds. The molecule has 1 aliphatic rings. The van der Waals surface area contributed by atoms with Crippen molar-refractivity contribution in [3.8, 4) is 0 Å². The fourth-order valence-corrected chi connectivity index (χ4v) is 1.74. The molecule has 0 aromatic heterocycles. The van der Waals surface area contributed by atoms with Crippen LogP contribution in [0.15, 0.2) is 36.4 Å². The Morgan fingerprint density at radius 1 is 1.38 bits per heavy atom. The van der Waals surface area contributed by atoms with Crippen LogP contribution in [0, 0.1) is 0 Å². The van der Waals surface area contributed by atoms with Crippen LogP contribution in [0.1, 0.15) is 24.2 Å². The summed E-state index contributed by atoms with van der Waals surface area (Å²) < 4.78 is 5.62. The molecule has 0 saturated carbocycles. The average Bonchev–Trinajstić information content (AvgIpc) is 2.19. The Morgan fingerprint density at radius 2 is 2.23 bits per heavy atom. The van der Waals surface area contributed by atoms with Crippen molar-refractivity contribution in [1.82, 2.24) is 0 Å². The molecule has 0 spiro atoms. The van der Waals surface area contributed by atoms with E-state index in [2.05, 4.69) is 36.4 Å². The van der Waals surface area contributed by atoms with Crippen molar-refractivity contribution in [2.45, 2.75) is 19.4 Å². The van der Waals surface area contributed by atoms with Gasteiger partial charge >= 0.3 is 0 Å². The molecule has 1 aliphatic carbocycles. The number of benzene rings is 1. The van der Waals surface area contributed by atoms with Gasteiger partial charge in [-0.15, -0.1) is 0 Å². The Kier molecular flexibility index (Phi) is 2.46. The molecule has 0 heterocycles. The summed E-state index contributed by atoms with van der Waals surface area (Å²) in [6.45, 7) is 2.80. The fraction of sp³-hybridized carbons (Fsp3) is 0.333. The van der Waals surface area contributed by atoms with Gasteiger partial charge in [0.15, 0.2) is 0 Å². The minimum absolute atomic E-state index is 0.176. The molecule has 1 atom stereocenters. The van der Waals surface area contributed by atoms with E-state index in [9.17, 15) is 0 Å². The predicted octanol–water partition coefficient (Wildman–Crippen LogP) is 2.88. The van der Waals surface area contributed by atoms with Gasteiger partial charge in [-0.1, -0.05) is 36.4 Å². The van der Waals surface area contributed by atoms with Crippen molar-refractivity contribution < 1.29 is 4.74 Å². The Hall–Kier alpha value is -1.08. The van der Waals surface area contributed by atoms with E-state index in [1.54, 1.807) is 0 Å². The van der Waals surface area contributed by atoms with Crippen LogP contribution in [0.25, 0.3) is 0 Å². The molecule has 1 unspecified atom stereocenters. The van der Waals surface area contributed by atoms with Gasteiger partial charge in [-0.25, -0.2) is 0 Å². The lowest BCUT2D eigenvalue weighted by Crippen LogP contribution is -2.07. The summed E-state index contributed by atoms with van der Waals surface area (Å²) in [5.74, 6) is 0. The molecular weight excluding hydrogens is 160 g/mol. The van der Waals surface area contributed by atoms with E-state index in [1.807, 2.05) is 6.92 Å². The van der Waals surface area contributed by atoms with E-state index in [1.165, 1.54) is 11.1 Å². The first-order chi connectivity index (χ1) is 6.42. The summed E-state index contributed by atoms with van der Waals surface area (Å²) in [6, 6.07) is 8.48. The Labute approximate surface area is 79.0 Å². The third-order valence-electron chi connectivity index (χ3n) is 2.36. The molecule has 0 saturated heterocycles. The van der Waals surface area contributed by atoms with Crippen LogP contribution in [0.2, 0.25) is 0 Å². The first kappa shape index (κ1) is 8.52. The lowest BCUT2D eigenvalue weighted by atomic mass is 9.95. The van der Waals surface area contributed by atoms with Crippen LogP contribution < -0.4 is 0 Å². The molecule has 0 fully saturated rings. The van der Waals surface area contributed by atoms with Crippen LogP contribution in [-0.4, -0.2) is 6.61 Å². The zero-order valence-corrected chi connectivity index (χ0v) is 7.86.